The summed E-state index contributed by atoms with van der Waals surface area (Å²) in [4.78, 5) is 27.2. The zero-order chi connectivity index (χ0) is 18.5. The lowest BCUT2D eigenvalue weighted by Gasteiger charge is -2.25. The van der Waals surface area contributed by atoms with Crippen LogP contribution in [0.15, 0.2) is 72.1 Å². The first-order valence-corrected chi connectivity index (χ1v) is 9.21. The number of carbonyl (C=O) groups is 2. The first-order valence-electron chi connectivity index (χ1n) is 8.33. The number of anilines is 1. The van der Waals surface area contributed by atoms with E-state index in [4.69, 9.17) is 0 Å². The molecule has 0 unspecified atom stereocenters. The molecule has 0 aliphatic heterocycles. The van der Waals surface area contributed by atoms with Gasteiger partial charge in [-0.1, -0.05) is 36.4 Å². The van der Waals surface area contributed by atoms with E-state index in [9.17, 15) is 9.59 Å². The highest BCUT2D eigenvalue weighted by atomic mass is 32.1. The predicted octanol–water partition coefficient (Wildman–Crippen LogP) is 4.83. The molecule has 0 bridgehead atoms. The summed E-state index contributed by atoms with van der Waals surface area (Å²) in [7, 11) is 1.80. The minimum absolute atomic E-state index is 0.0260. The Morgan fingerprint density at radius 2 is 1.65 bits per heavy atom. The molecule has 2 aromatic carbocycles. The van der Waals surface area contributed by atoms with Crippen LogP contribution in [0.4, 0.5) is 5.69 Å². The fourth-order valence-corrected chi connectivity index (χ4v) is 3.25. The fraction of sp³-hybridized carbons (Fsp3) is 0.143. The van der Waals surface area contributed by atoms with Crippen molar-refractivity contribution >= 4 is 28.8 Å². The normalized spacial score (nSPS) is 11.6. The second kappa shape index (κ2) is 7.97. The third-order valence-electron chi connectivity index (χ3n) is 4.32. The molecule has 1 aromatic heterocycles. The number of hydrogen-bond acceptors (Lipinski definition) is 3. The molecule has 1 atom stereocenters. The average molecular weight is 364 g/mol. The molecule has 0 radical (unpaired) electrons. The van der Waals surface area contributed by atoms with Crippen molar-refractivity contribution in [3.05, 3.63) is 88.1 Å². The minimum atomic E-state index is -0.145. The number of nitrogens with one attached hydrogen (secondary N) is 1. The second-order valence-corrected chi connectivity index (χ2v) is 6.96. The van der Waals surface area contributed by atoms with Crippen LogP contribution in [0.25, 0.3) is 0 Å². The van der Waals surface area contributed by atoms with Crippen LogP contribution in [-0.4, -0.2) is 23.8 Å². The number of carbonyl (C=O) groups excluding carboxylic acids is 2. The van der Waals surface area contributed by atoms with Gasteiger partial charge < -0.3 is 10.2 Å². The molecule has 2 amide bonds. The lowest BCUT2D eigenvalue weighted by atomic mass is 10.1. The van der Waals surface area contributed by atoms with Crippen molar-refractivity contribution in [2.45, 2.75) is 13.0 Å². The lowest BCUT2D eigenvalue weighted by Crippen LogP contribution is -2.29. The van der Waals surface area contributed by atoms with Crippen molar-refractivity contribution in [3.63, 3.8) is 0 Å². The molecule has 0 saturated carbocycles. The van der Waals surface area contributed by atoms with Crippen molar-refractivity contribution in [1.82, 2.24) is 4.90 Å². The number of nitrogens with zero attached hydrogens (tertiary/aromatic N) is 1. The van der Waals surface area contributed by atoms with E-state index >= 15 is 0 Å². The van der Waals surface area contributed by atoms with Crippen LogP contribution in [0.5, 0.6) is 0 Å². The molecule has 0 aliphatic rings. The summed E-state index contributed by atoms with van der Waals surface area (Å²) in [5.41, 5.74) is 2.34. The molecule has 0 fully saturated rings. The van der Waals surface area contributed by atoms with Crippen molar-refractivity contribution in [3.8, 4) is 0 Å². The van der Waals surface area contributed by atoms with E-state index in [1.54, 1.807) is 42.3 Å². The van der Waals surface area contributed by atoms with Crippen LogP contribution in [0, 0.1) is 0 Å². The Balaban J connectivity index is 1.67. The molecule has 4 nitrogen and oxygen atoms in total. The van der Waals surface area contributed by atoms with Gasteiger partial charge in [0.25, 0.3) is 11.8 Å². The molecule has 0 aliphatic carbocycles. The molecule has 1 heterocycles. The number of thiophene rings is 1. The summed E-state index contributed by atoms with van der Waals surface area (Å²) in [5, 5.41) is 4.70. The van der Waals surface area contributed by atoms with Crippen LogP contribution in [-0.2, 0) is 0 Å². The van der Waals surface area contributed by atoms with E-state index in [0.29, 0.717) is 16.1 Å². The van der Waals surface area contributed by atoms with Gasteiger partial charge in [0.05, 0.1) is 10.9 Å². The van der Waals surface area contributed by atoms with Crippen molar-refractivity contribution in [2.24, 2.45) is 0 Å². The SMILES string of the molecule is C[C@@H](c1ccccc1)N(C)C(=O)c1ccc(NC(=O)c2cccs2)cc1. The van der Waals surface area contributed by atoms with Gasteiger partial charge in [-0.15, -0.1) is 11.3 Å². The number of rotatable bonds is 5. The van der Waals surface area contributed by atoms with Gasteiger partial charge in [0.2, 0.25) is 0 Å². The monoisotopic (exact) mass is 364 g/mol. The molecule has 5 heteroatoms. The molecular formula is C21H20N2O2S. The third-order valence-corrected chi connectivity index (χ3v) is 5.19. The molecule has 0 saturated heterocycles. The van der Waals surface area contributed by atoms with Crippen molar-refractivity contribution in [2.75, 3.05) is 12.4 Å². The van der Waals surface area contributed by atoms with Gasteiger partial charge in [-0.3, -0.25) is 9.59 Å². The molecule has 26 heavy (non-hydrogen) atoms. The summed E-state index contributed by atoms with van der Waals surface area (Å²) < 4.78 is 0. The fourth-order valence-electron chi connectivity index (χ4n) is 2.63. The first-order chi connectivity index (χ1) is 12.6. The van der Waals surface area contributed by atoms with Gasteiger partial charge in [0, 0.05) is 18.3 Å². The maximum absolute atomic E-state index is 12.7. The van der Waals surface area contributed by atoms with Crippen LogP contribution < -0.4 is 5.32 Å². The molecule has 132 valence electrons. The predicted molar refractivity (Wildman–Crippen MR) is 106 cm³/mol. The Morgan fingerprint density at radius 1 is 0.962 bits per heavy atom. The Bertz CT molecular complexity index is 874. The molecule has 1 N–H and O–H groups in total. The Morgan fingerprint density at radius 3 is 2.27 bits per heavy atom. The molecular weight excluding hydrogens is 344 g/mol. The summed E-state index contributed by atoms with van der Waals surface area (Å²) in [5.74, 6) is -0.202. The lowest BCUT2D eigenvalue weighted by molar-refractivity contribution is 0.0742. The highest BCUT2D eigenvalue weighted by Gasteiger charge is 2.18. The zero-order valence-electron chi connectivity index (χ0n) is 14.7. The average Bonchev–Trinajstić information content (AvgIpc) is 3.22. The molecule has 0 spiro atoms. The highest BCUT2D eigenvalue weighted by molar-refractivity contribution is 7.12. The minimum Gasteiger partial charge on any atom is -0.335 e. The smallest absolute Gasteiger partial charge is 0.265 e. The Hall–Kier alpha value is -2.92. The maximum Gasteiger partial charge on any atom is 0.265 e. The van der Waals surface area contributed by atoms with Gasteiger partial charge in [-0.25, -0.2) is 0 Å². The third kappa shape index (κ3) is 4.00. The van der Waals surface area contributed by atoms with Crippen LogP contribution >= 0.6 is 11.3 Å². The van der Waals surface area contributed by atoms with E-state index in [2.05, 4.69) is 5.32 Å². The van der Waals surface area contributed by atoms with E-state index in [1.807, 2.05) is 48.7 Å². The summed E-state index contributed by atoms with van der Waals surface area (Å²) in [6.07, 6.45) is 0. The highest BCUT2D eigenvalue weighted by Crippen LogP contribution is 2.21. The van der Waals surface area contributed by atoms with Gasteiger partial charge >= 0.3 is 0 Å². The van der Waals surface area contributed by atoms with E-state index in [0.717, 1.165) is 5.56 Å². The van der Waals surface area contributed by atoms with E-state index in [-0.39, 0.29) is 17.9 Å². The van der Waals surface area contributed by atoms with Crippen LogP contribution in [0.1, 0.15) is 38.6 Å². The van der Waals surface area contributed by atoms with Gasteiger partial charge in [0.1, 0.15) is 0 Å². The Kier molecular flexibility index (Phi) is 5.49. The zero-order valence-corrected chi connectivity index (χ0v) is 15.5. The molecule has 3 aromatic rings. The standard InChI is InChI=1S/C21H20N2O2S/c1-15(16-7-4-3-5-8-16)23(2)21(25)17-10-12-18(13-11-17)22-20(24)19-9-6-14-26-19/h3-15H,1-2H3,(H,22,24)/t15-/m0/s1. The Labute approximate surface area is 157 Å². The van der Waals surface area contributed by atoms with Crippen molar-refractivity contribution in [1.29, 1.82) is 0 Å². The number of benzene rings is 2. The number of amides is 2. The van der Waals surface area contributed by atoms with Gasteiger partial charge in [-0.05, 0) is 48.2 Å². The van der Waals surface area contributed by atoms with E-state index in [1.165, 1.54) is 11.3 Å². The van der Waals surface area contributed by atoms with Crippen LogP contribution in [0.3, 0.4) is 0 Å². The second-order valence-electron chi connectivity index (χ2n) is 6.01. The summed E-state index contributed by atoms with van der Waals surface area (Å²) in [6.45, 7) is 2.00. The first kappa shape index (κ1) is 17.9. The van der Waals surface area contributed by atoms with Gasteiger partial charge in [-0.2, -0.15) is 0 Å². The largest absolute Gasteiger partial charge is 0.335 e. The van der Waals surface area contributed by atoms with Gasteiger partial charge in [0.15, 0.2) is 0 Å². The number of hydrogen-bond donors (Lipinski definition) is 1. The quantitative estimate of drug-likeness (QED) is 0.705. The van der Waals surface area contributed by atoms with Crippen LogP contribution in [0.2, 0.25) is 0 Å². The van der Waals surface area contributed by atoms with E-state index < -0.39 is 0 Å². The van der Waals surface area contributed by atoms with Crippen molar-refractivity contribution < 1.29 is 9.59 Å². The maximum atomic E-state index is 12.7. The topological polar surface area (TPSA) is 49.4 Å². The summed E-state index contributed by atoms with van der Waals surface area (Å²) in [6, 6.07) is 20.5. The summed E-state index contributed by atoms with van der Waals surface area (Å²) >= 11 is 1.39. The molecule has 3 rings (SSSR count).